The molecule has 8 aromatic carbocycles. The maximum Gasteiger partial charge on any atom is 0.155 e. The van der Waals surface area contributed by atoms with Crippen molar-refractivity contribution < 1.29 is 4.74 Å². The van der Waals surface area contributed by atoms with Gasteiger partial charge in [-0.05, 0) is 80.6 Å². The van der Waals surface area contributed by atoms with Gasteiger partial charge in [0.2, 0.25) is 0 Å². The lowest BCUT2D eigenvalue weighted by Crippen LogP contribution is -2.25. The first kappa shape index (κ1) is 30.7. The van der Waals surface area contributed by atoms with Crippen LogP contribution in [0.25, 0.3) is 44.2 Å². The predicted octanol–water partition coefficient (Wildman–Crippen LogP) is 13.7. The molecule has 2 nitrogen and oxygen atoms in total. The second kappa shape index (κ2) is 12.5. The lowest BCUT2D eigenvalue weighted by Gasteiger charge is -2.37. The summed E-state index contributed by atoms with van der Waals surface area (Å²) in [5.41, 5.74) is 12.5. The first-order chi connectivity index (χ1) is 25.0. The quantitative estimate of drug-likeness (QED) is 0.177. The van der Waals surface area contributed by atoms with Crippen LogP contribution in [0.5, 0.6) is 11.5 Å². The Morgan fingerprint density at radius 1 is 0.412 bits per heavy atom. The van der Waals surface area contributed by atoms with E-state index in [1.54, 1.807) is 0 Å². The summed E-state index contributed by atoms with van der Waals surface area (Å²) >= 11 is 0. The van der Waals surface area contributed by atoms with Gasteiger partial charge in [0.15, 0.2) is 5.75 Å². The Balaban J connectivity index is 1.14. The Hall–Kier alpha value is -6.38. The molecule has 51 heavy (non-hydrogen) atoms. The maximum absolute atomic E-state index is 6.81. The second-order valence-corrected chi connectivity index (χ2v) is 13.8. The molecule has 0 fully saturated rings. The van der Waals surface area contributed by atoms with Crippen LogP contribution < -0.4 is 9.64 Å². The van der Waals surface area contributed by atoms with Crippen LogP contribution in [0.15, 0.2) is 188 Å². The summed E-state index contributed by atoms with van der Waals surface area (Å²) in [6, 6.07) is 67.3. The molecule has 0 aliphatic carbocycles. The molecule has 0 bridgehead atoms. The van der Waals surface area contributed by atoms with Gasteiger partial charge >= 0.3 is 0 Å². The molecule has 1 heterocycles. The Labute approximate surface area is 299 Å². The van der Waals surface area contributed by atoms with Crippen molar-refractivity contribution in [2.24, 2.45) is 0 Å². The summed E-state index contributed by atoms with van der Waals surface area (Å²) < 4.78 is 6.81. The highest BCUT2D eigenvalue weighted by Crippen LogP contribution is 2.53. The van der Waals surface area contributed by atoms with Crippen molar-refractivity contribution in [1.82, 2.24) is 0 Å². The number of ether oxygens (including phenoxy) is 1. The Morgan fingerprint density at radius 2 is 0.922 bits per heavy atom. The molecule has 0 atom stereocenters. The van der Waals surface area contributed by atoms with Crippen LogP contribution in [-0.4, -0.2) is 0 Å². The van der Waals surface area contributed by atoms with E-state index in [2.05, 4.69) is 207 Å². The van der Waals surface area contributed by atoms with Gasteiger partial charge in [0.25, 0.3) is 0 Å². The van der Waals surface area contributed by atoms with E-state index in [0.717, 1.165) is 28.6 Å². The molecule has 0 amide bonds. The third-order valence-corrected chi connectivity index (χ3v) is 10.4. The van der Waals surface area contributed by atoms with Crippen molar-refractivity contribution >= 4 is 27.8 Å². The molecular formula is C49H37NO. The zero-order chi connectivity index (χ0) is 34.4. The van der Waals surface area contributed by atoms with Gasteiger partial charge in [0, 0.05) is 27.9 Å². The summed E-state index contributed by atoms with van der Waals surface area (Å²) in [6.07, 6.45) is 0. The Bertz CT molecular complexity index is 2490. The smallest absolute Gasteiger partial charge is 0.155 e. The molecule has 0 spiro atoms. The number of para-hydroxylation sites is 2. The highest BCUT2D eigenvalue weighted by molar-refractivity contribution is 5.97. The molecule has 0 N–H and O–H groups in total. The summed E-state index contributed by atoms with van der Waals surface area (Å²) in [5.74, 6) is 1.79. The molecule has 1 aliphatic rings. The fourth-order valence-corrected chi connectivity index (χ4v) is 7.61. The third-order valence-electron chi connectivity index (χ3n) is 10.4. The average Bonchev–Trinajstić information content (AvgIpc) is 3.19. The second-order valence-electron chi connectivity index (χ2n) is 13.8. The summed E-state index contributed by atoms with van der Waals surface area (Å²) in [4.78, 5) is 2.33. The number of fused-ring (bicyclic) bond motifs is 3. The van der Waals surface area contributed by atoms with Gasteiger partial charge in [0.1, 0.15) is 5.75 Å². The number of hydrogen-bond donors (Lipinski definition) is 0. The summed E-state index contributed by atoms with van der Waals surface area (Å²) in [7, 11) is 0. The zero-order valence-corrected chi connectivity index (χ0v) is 28.8. The minimum absolute atomic E-state index is 0.222. The third kappa shape index (κ3) is 5.46. The molecule has 244 valence electrons. The number of rotatable bonds is 6. The summed E-state index contributed by atoms with van der Waals surface area (Å²) in [6.45, 7) is 4.58. The normalized spacial score (nSPS) is 12.8. The molecule has 2 heteroatoms. The number of benzene rings is 8. The van der Waals surface area contributed by atoms with Gasteiger partial charge in [0.05, 0.1) is 5.69 Å². The maximum atomic E-state index is 6.81. The van der Waals surface area contributed by atoms with Crippen molar-refractivity contribution in [3.05, 3.63) is 199 Å². The minimum atomic E-state index is -0.222. The first-order valence-corrected chi connectivity index (χ1v) is 17.6. The average molecular weight is 656 g/mol. The van der Waals surface area contributed by atoms with Crippen molar-refractivity contribution in [3.8, 4) is 44.9 Å². The van der Waals surface area contributed by atoms with Crippen LogP contribution in [0, 0.1) is 0 Å². The molecular weight excluding hydrogens is 619 g/mol. The van der Waals surface area contributed by atoms with Crippen LogP contribution in [0.2, 0.25) is 0 Å². The Kier molecular flexibility index (Phi) is 7.51. The fraction of sp³-hybridized carbons (Fsp3) is 0.0612. The van der Waals surface area contributed by atoms with Gasteiger partial charge in [-0.25, -0.2) is 0 Å². The van der Waals surface area contributed by atoms with Crippen LogP contribution in [0.1, 0.15) is 25.0 Å². The lowest BCUT2D eigenvalue weighted by atomic mass is 9.75. The van der Waals surface area contributed by atoms with Crippen molar-refractivity contribution in [2.75, 3.05) is 4.90 Å². The van der Waals surface area contributed by atoms with E-state index in [1.165, 1.54) is 55.3 Å². The highest BCUT2D eigenvalue weighted by atomic mass is 16.5. The minimum Gasteiger partial charge on any atom is -0.455 e. The van der Waals surface area contributed by atoms with Crippen LogP contribution in [0.3, 0.4) is 0 Å². The van der Waals surface area contributed by atoms with Gasteiger partial charge in [-0.1, -0.05) is 166 Å². The van der Waals surface area contributed by atoms with E-state index in [0.29, 0.717) is 0 Å². The van der Waals surface area contributed by atoms with E-state index >= 15 is 0 Å². The zero-order valence-electron chi connectivity index (χ0n) is 28.8. The topological polar surface area (TPSA) is 12.5 Å². The molecule has 8 aromatic rings. The fourth-order valence-electron chi connectivity index (χ4n) is 7.61. The predicted molar refractivity (Wildman–Crippen MR) is 214 cm³/mol. The van der Waals surface area contributed by atoms with Gasteiger partial charge in [-0.2, -0.15) is 0 Å². The van der Waals surface area contributed by atoms with Crippen LogP contribution in [-0.2, 0) is 5.41 Å². The van der Waals surface area contributed by atoms with E-state index in [-0.39, 0.29) is 5.41 Å². The number of hydrogen-bond acceptors (Lipinski definition) is 2. The van der Waals surface area contributed by atoms with Gasteiger partial charge < -0.3 is 9.64 Å². The molecule has 1 aliphatic heterocycles. The lowest BCUT2D eigenvalue weighted by molar-refractivity contribution is 0.419. The van der Waals surface area contributed by atoms with Crippen LogP contribution >= 0.6 is 0 Å². The van der Waals surface area contributed by atoms with Crippen molar-refractivity contribution in [2.45, 2.75) is 19.3 Å². The van der Waals surface area contributed by atoms with Crippen molar-refractivity contribution in [1.29, 1.82) is 0 Å². The largest absolute Gasteiger partial charge is 0.455 e. The van der Waals surface area contributed by atoms with E-state index in [1.807, 2.05) is 0 Å². The van der Waals surface area contributed by atoms with E-state index in [9.17, 15) is 0 Å². The molecule has 0 aromatic heterocycles. The molecule has 0 saturated carbocycles. The number of nitrogens with zero attached hydrogens (tertiary/aromatic N) is 1. The molecule has 0 saturated heterocycles. The van der Waals surface area contributed by atoms with E-state index in [4.69, 9.17) is 4.74 Å². The molecule has 9 rings (SSSR count). The number of anilines is 3. The molecule has 0 radical (unpaired) electrons. The standard InChI is InChI=1S/C49H37NO/c1-49(2)44-18-8-9-21-47(44)51-48-45(49)19-11-20-46(48)50(41-32-28-39(29-33-41)43-17-10-15-38-14-6-7-16-42(38)43)40-30-26-37(27-31-40)36-24-22-35(23-25-36)34-12-4-3-5-13-34/h3-33H,1-2H3. The molecule has 0 unspecified atom stereocenters. The highest BCUT2D eigenvalue weighted by Gasteiger charge is 2.36. The van der Waals surface area contributed by atoms with Gasteiger partial charge in [-0.3, -0.25) is 0 Å². The SMILES string of the molecule is CC1(C)c2ccccc2Oc2c(N(c3ccc(-c4ccc(-c5ccccc5)cc4)cc3)c3ccc(-c4cccc5ccccc45)cc3)cccc21. The monoisotopic (exact) mass is 655 g/mol. The summed E-state index contributed by atoms with van der Waals surface area (Å²) in [5, 5.41) is 2.50. The first-order valence-electron chi connectivity index (χ1n) is 17.6. The van der Waals surface area contributed by atoms with Crippen LogP contribution in [0.4, 0.5) is 17.1 Å². The van der Waals surface area contributed by atoms with Gasteiger partial charge in [-0.15, -0.1) is 0 Å². The van der Waals surface area contributed by atoms with Crippen molar-refractivity contribution in [3.63, 3.8) is 0 Å². The Morgan fingerprint density at radius 3 is 1.63 bits per heavy atom. The van der Waals surface area contributed by atoms with E-state index < -0.39 is 0 Å².